The highest BCUT2D eigenvalue weighted by molar-refractivity contribution is 8.00. The third-order valence-electron chi connectivity index (χ3n) is 3.33. The van der Waals surface area contributed by atoms with Gasteiger partial charge in [-0.15, -0.1) is 0 Å². The number of nitrogens with zero attached hydrogens (tertiary/aromatic N) is 2. The number of thioether (sulfide) groups is 1. The molecule has 1 unspecified atom stereocenters. The van der Waals surface area contributed by atoms with Crippen LogP contribution >= 0.6 is 23.4 Å². The highest BCUT2D eigenvalue weighted by Gasteiger charge is 2.33. The molecule has 1 atom stereocenters. The lowest BCUT2D eigenvalue weighted by Crippen LogP contribution is -2.23. The summed E-state index contributed by atoms with van der Waals surface area (Å²) in [6.45, 7) is 4.48. The minimum absolute atomic E-state index is 0.0473. The molecule has 1 aromatic carbocycles. The number of carbonyl (C=O) groups is 1. The van der Waals surface area contributed by atoms with E-state index < -0.39 is 27.9 Å². The fourth-order valence-electron chi connectivity index (χ4n) is 2.10. The monoisotopic (exact) mass is 391 g/mol. The predicted octanol–water partition coefficient (Wildman–Crippen LogP) is 5.08. The summed E-state index contributed by atoms with van der Waals surface area (Å²) in [6.07, 6.45) is -0.179. The smallest absolute Gasteiger partial charge is 0.326 e. The zero-order valence-corrected chi connectivity index (χ0v) is 15.2. The second-order valence-electron chi connectivity index (χ2n) is 5.34. The van der Waals surface area contributed by atoms with E-state index in [-0.39, 0.29) is 5.69 Å². The van der Waals surface area contributed by atoms with Crippen LogP contribution in [0.4, 0.5) is 18.9 Å². The van der Waals surface area contributed by atoms with Crippen molar-refractivity contribution >= 4 is 35.0 Å². The summed E-state index contributed by atoms with van der Waals surface area (Å²) in [5.41, 5.74) is -0.933. The molecule has 0 saturated heterocycles. The number of halogens is 4. The molecule has 1 aromatic heterocycles. The zero-order chi connectivity index (χ0) is 18.6. The number of carbonyl (C=O) groups excluding carboxylic acids is 1. The number of nitrogens with one attached hydrogen (secondary N) is 1. The molecule has 0 radical (unpaired) electrons. The van der Waals surface area contributed by atoms with Gasteiger partial charge in [-0.2, -0.15) is 13.2 Å². The molecule has 0 aliphatic rings. The standard InChI is InChI=1S/C16H17ClF3N3OS/c1-3-7-23-8-6-21-15(23)25-10(2)14(24)22-11-4-5-13(17)12(9-11)16(18,19)20/h4-6,8-10H,3,7H2,1-2H3,(H,22,24). The molecule has 25 heavy (non-hydrogen) atoms. The highest BCUT2D eigenvalue weighted by atomic mass is 35.5. The third-order valence-corrected chi connectivity index (χ3v) is 4.78. The number of aryl methyl sites for hydroxylation is 1. The summed E-state index contributed by atoms with van der Waals surface area (Å²) in [6, 6.07) is 3.28. The van der Waals surface area contributed by atoms with Crippen LogP contribution in [0.3, 0.4) is 0 Å². The third kappa shape index (κ3) is 5.15. The number of hydrogen-bond donors (Lipinski definition) is 1. The lowest BCUT2D eigenvalue weighted by molar-refractivity contribution is -0.137. The molecule has 0 fully saturated rings. The van der Waals surface area contributed by atoms with Crippen LogP contribution in [-0.2, 0) is 17.5 Å². The van der Waals surface area contributed by atoms with Gasteiger partial charge in [0.1, 0.15) is 0 Å². The van der Waals surface area contributed by atoms with Crippen LogP contribution in [0.25, 0.3) is 0 Å². The molecule has 2 rings (SSSR count). The van der Waals surface area contributed by atoms with Crippen molar-refractivity contribution in [1.29, 1.82) is 0 Å². The fourth-order valence-corrected chi connectivity index (χ4v) is 3.22. The summed E-state index contributed by atoms with van der Waals surface area (Å²) >= 11 is 6.82. The number of imidazole rings is 1. The zero-order valence-electron chi connectivity index (χ0n) is 13.6. The van der Waals surface area contributed by atoms with Gasteiger partial charge in [0.2, 0.25) is 5.91 Å². The summed E-state index contributed by atoms with van der Waals surface area (Å²) < 4.78 is 40.6. The van der Waals surface area contributed by atoms with E-state index >= 15 is 0 Å². The van der Waals surface area contributed by atoms with Crippen molar-refractivity contribution in [3.63, 3.8) is 0 Å². The van der Waals surface area contributed by atoms with E-state index in [0.29, 0.717) is 5.16 Å². The number of alkyl halides is 3. The van der Waals surface area contributed by atoms with Crippen molar-refractivity contribution in [2.75, 3.05) is 5.32 Å². The van der Waals surface area contributed by atoms with Crippen LogP contribution in [0, 0.1) is 0 Å². The van der Waals surface area contributed by atoms with Gasteiger partial charge in [-0.25, -0.2) is 4.98 Å². The Morgan fingerprint density at radius 1 is 1.44 bits per heavy atom. The Bertz CT molecular complexity index is 748. The minimum atomic E-state index is -4.58. The molecule has 0 bridgehead atoms. The van der Waals surface area contributed by atoms with Gasteiger partial charge in [-0.3, -0.25) is 4.79 Å². The van der Waals surface area contributed by atoms with E-state index in [0.717, 1.165) is 25.1 Å². The minimum Gasteiger partial charge on any atom is -0.326 e. The maximum Gasteiger partial charge on any atom is 0.417 e. The molecular formula is C16H17ClF3N3OS. The summed E-state index contributed by atoms with van der Waals surface area (Å²) in [5, 5.41) is 2.25. The normalized spacial score (nSPS) is 12.9. The van der Waals surface area contributed by atoms with E-state index in [1.807, 2.05) is 17.7 Å². The van der Waals surface area contributed by atoms with E-state index in [1.165, 1.54) is 17.8 Å². The fraction of sp³-hybridized carbons (Fsp3) is 0.375. The molecule has 1 heterocycles. The van der Waals surface area contributed by atoms with Crippen LogP contribution < -0.4 is 5.32 Å². The topological polar surface area (TPSA) is 46.9 Å². The number of rotatable bonds is 6. The number of aromatic nitrogens is 2. The van der Waals surface area contributed by atoms with Crippen molar-refractivity contribution in [3.05, 3.63) is 41.2 Å². The van der Waals surface area contributed by atoms with Crippen molar-refractivity contribution < 1.29 is 18.0 Å². The average molecular weight is 392 g/mol. The van der Waals surface area contributed by atoms with Crippen molar-refractivity contribution in [2.24, 2.45) is 0 Å². The van der Waals surface area contributed by atoms with Crippen molar-refractivity contribution in [2.45, 2.75) is 43.4 Å². The van der Waals surface area contributed by atoms with Crippen LogP contribution in [0.15, 0.2) is 35.7 Å². The van der Waals surface area contributed by atoms with Crippen LogP contribution in [-0.4, -0.2) is 20.7 Å². The quantitative estimate of drug-likeness (QED) is 0.698. The number of hydrogen-bond acceptors (Lipinski definition) is 3. The summed E-state index contributed by atoms with van der Waals surface area (Å²) in [5.74, 6) is -0.411. The number of benzene rings is 1. The van der Waals surface area contributed by atoms with Crippen LogP contribution in [0.1, 0.15) is 25.8 Å². The molecule has 9 heteroatoms. The SMILES string of the molecule is CCCn1ccnc1SC(C)C(=O)Nc1ccc(Cl)c(C(F)(F)F)c1. The molecule has 4 nitrogen and oxygen atoms in total. The first-order valence-corrected chi connectivity index (χ1v) is 8.83. The van der Waals surface area contributed by atoms with Gasteiger partial charge in [0.15, 0.2) is 5.16 Å². The van der Waals surface area contributed by atoms with Crippen molar-refractivity contribution in [3.8, 4) is 0 Å². The van der Waals surface area contributed by atoms with Crippen molar-refractivity contribution in [1.82, 2.24) is 9.55 Å². The van der Waals surface area contributed by atoms with Gasteiger partial charge >= 0.3 is 6.18 Å². The van der Waals surface area contributed by atoms with E-state index in [2.05, 4.69) is 10.3 Å². The maximum atomic E-state index is 12.9. The second-order valence-corrected chi connectivity index (χ2v) is 7.06. The molecule has 136 valence electrons. The Morgan fingerprint density at radius 3 is 2.80 bits per heavy atom. The van der Waals surface area contributed by atoms with Gasteiger partial charge in [-0.05, 0) is 31.5 Å². The van der Waals surface area contributed by atoms with Crippen LogP contribution in [0.2, 0.25) is 5.02 Å². The lowest BCUT2D eigenvalue weighted by atomic mass is 10.2. The number of amides is 1. The maximum absolute atomic E-state index is 12.9. The highest BCUT2D eigenvalue weighted by Crippen LogP contribution is 2.36. The van der Waals surface area contributed by atoms with Gasteiger partial charge in [-0.1, -0.05) is 30.3 Å². The molecule has 0 aliphatic heterocycles. The van der Waals surface area contributed by atoms with E-state index in [4.69, 9.17) is 11.6 Å². The average Bonchev–Trinajstić information content (AvgIpc) is 2.95. The first-order valence-electron chi connectivity index (χ1n) is 7.57. The lowest BCUT2D eigenvalue weighted by Gasteiger charge is -2.14. The Hall–Kier alpha value is -1.67. The Kier molecular flexibility index (Phi) is 6.40. The molecular weight excluding hydrogens is 375 g/mol. The summed E-state index contributed by atoms with van der Waals surface area (Å²) in [4.78, 5) is 16.5. The second kappa shape index (κ2) is 8.14. The van der Waals surface area contributed by atoms with Gasteiger partial charge < -0.3 is 9.88 Å². The Labute approximate surface area is 152 Å². The molecule has 2 aromatic rings. The first kappa shape index (κ1) is 19.7. The summed E-state index contributed by atoms with van der Waals surface area (Å²) in [7, 11) is 0. The van der Waals surface area contributed by atoms with E-state index in [9.17, 15) is 18.0 Å². The first-order chi connectivity index (χ1) is 11.7. The Morgan fingerprint density at radius 2 is 2.16 bits per heavy atom. The van der Waals surface area contributed by atoms with Gasteiger partial charge in [0.05, 0.1) is 15.8 Å². The van der Waals surface area contributed by atoms with E-state index in [1.54, 1.807) is 13.1 Å². The predicted molar refractivity (Wildman–Crippen MR) is 92.9 cm³/mol. The largest absolute Gasteiger partial charge is 0.417 e. The molecule has 0 aliphatic carbocycles. The number of anilines is 1. The Balaban J connectivity index is 2.07. The van der Waals surface area contributed by atoms with Gasteiger partial charge in [0.25, 0.3) is 0 Å². The van der Waals surface area contributed by atoms with Gasteiger partial charge in [0, 0.05) is 24.6 Å². The molecule has 0 spiro atoms. The molecule has 1 amide bonds. The molecule has 1 N–H and O–H groups in total. The van der Waals surface area contributed by atoms with Crippen LogP contribution in [0.5, 0.6) is 0 Å². The molecule has 0 saturated carbocycles.